The van der Waals surface area contributed by atoms with Crippen LogP contribution in [-0.4, -0.2) is 4.98 Å². The second-order valence-electron chi connectivity index (χ2n) is 3.98. The fourth-order valence-corrected chi connectivity index (χ4v) is 2.49. The lowest BCUT2D eigenvalue weighted by Crippen LogP contribution is -2.29. The molecule has 0 amide bonds. The maximum atomic E-state index is 13.2. The SMILES string of the molecule is Cc1csc(CC(NN)c2ccc(F)c(F)c2)n1. The van der Waals surface area contributed by atoms with Crippen molar-refractivity contribution in [1.29, 1.82) is 0 Å². The molecule has 96 valence electrons. The van der Waals surface area contributed by atoms with E-state index in [2.05, 4.69) is 10.4 Å². The molecule has 0 radical (unpaired) electrons. The van der Waals surface area contributed by atoms with Crippen molar-refractivity contribution in [3.8, 4) is 0 Å². The summed E-state index contributed by atoms with van der Waals surface area (Å²) in [4.78, 5) is 4.32. The smallest absolute Gasteiger partial charge is 0.159 e. The van der Waals surface area contributed by atoms with Crippen molar-refractivity contribution in [3.63, 3.8) is 0 Å². The van der Waals surface area contributed by atoms with Crippen molar-refractivity contribution in [1.82, 2.24) is 10.4 Å². The zero-order valence-corrected chi connectivity index (χ0v) is 10.6. The minimum absolute atomic E-state index is 0.286. The van der Waals surface area contributed by atoms with E-state index in [0.29, 0.717) is 12.0 Å². The maximum absolute atomic E-state index is 13.2. The van der Waals surface area contributed by atoms with Gasteiger partial charge in [0.1, 0.15) is 0 Å². The third kappa shape index (κ3) is 2.90. The maximum Gasteiger partial charge on any atom is 0.159 e. The molecule has 0 spiro atoms. The molecule has 0 aliphatic heterocycles. The number of aromatic nitrogens is 1. The molecule has 2 aromatic rings. The minimum Gasteiger partial charge on any atom is -0.271 e. The first kappa shape index (κ1) is 13.1. The van der Waals surface area contributed by atoms with Gasteiger partial charge in [-0.2, -0.15) is 0 Å². The fraction of sp³-hybridized carbons (Fsp3) is 0.250. The number of thiazole rings is 1. The van der Waals surface area contributed by atoms with Crippen LogP contribution in [0.25, 0.3) is 0 Å². The average Bonchev–Trinajstić information content (AvgIpc) is 2.75. The van der Waals surface area contributed by atoms with Gasteiger partial charge in [0, 0.05) is 17.5 Å². The van der Waals surface area contributed by atoms with Gasteiger partial charge in [-0.3, -0.25) is 11.3 Å². The molecule has 0 saturated heterocycles. The van der Waals surface area contributed by atoms with Gasteiger partial charge in [-0.25, -0.2) is 13.8 Å². The molecule has 6 heteroatoms. The molecule has 1 atom stereocenters. The first-order valence-corrected chi connectivity index (χ1v) is 6.30. The van der Waals surface area contributed by atoms with E-state index in [9.17, 15) is 8.78 Å². The van der Waals surface area contributed by atoms with Gasteiger partial charge in [0.2, 0.25) is 0 Å². The molecule has 1 aromatic carbocycles. The normalized spacial score (nSPS) is 12.7. The van der Waals surface area contributed by atoms with Gasteiger partial charge in [0.05, 0.1) is 11.0 Å². The number of hydrogen-bond donors (Lipinski definition) is 2. The Balaban J connectivity index is 2.19. The molecule has 3 N–H and O–H groups in total. The van der Waals surface area contributed by atoms with Crippen molar-refractivity contribution < 1.29 is 8.78 Å². The number of nitrogens with one attached hydrogen (secondary N) is 1. The molecule has 18 heavy (non-hydrogen) atoms. The molecule has 0 aliphatic carbocycles. The van der Waals surface area contributed by atoms with E-state index in [1.165, 1.54) is 17.4 Å². The Hall–Kier alpha value is -1.37. The van der Waals surface area contributed by atoms with Crippen LogP contribution in [-0.2, 0) is 6.42 Å². The average molecular weight is 269 g/mol. The quantitative estimate of drug-likeness (QED) is 0.662. The number of hydrazine groups is 1. The van der Waals surface area contributed by atoms with E-state index in [1.54, 1.807) is 0 Å². The summed E-state index contributed by atoms with van der Waals surface area (Å²) in [7, 11) is 0. The van der Waals surface area contributed by atoms with Crippen molar-refractivity contribution in [2.24, 2.45) is 5.84 Å². The van der Waals surface area contributed by atoms with E-state index >= 15 is 0 Å². The molecule has 0 fully saturated rings. The van der Waals surface area contributed by atoms with E-state index in [4.69, 9.17) is 5.84 Å². The number of hydrogen-bond acceptors (Lipinski definition) is 4. The molecule has 0 saturated carbocycles. The van der Waals surface area contributed by atoms with Crippen LogP contribution in [0.5, 0.6) is 0 Å². The molecule has 3 nitrogen and oxygen atoms in total. The summed E-state index contributed by atoms with van der Waals surface area (Å²) in [5.41, 5.74) is 4.14. The highest BCUT2D eigenvalue weighted by Crippen LogP contribution is 2.21. The first-order valence-electron chi connectivity index (χ1n) is 5.42. The summed E-state index contributed by atoms with van der Waals surface area (Å²) in [6, 6.07) is 3.48. The summed E-state index contributed by atoms with van der Waals surface area (Å²) >= 11 is 1.52. The molecule has 1 aromatic heterocycles. The van der Waals surface area contributed by atoms with Crippen molar-refractivity contribution in [2.75, 3.05) is 0 Å². The van der Waals surface area contributed by atoms with Gasteiger partial charge >= 0.3 is 0 Å². The molecule has 1 unspecified atom stereocenters. The molecular formula is C12H13F2N3S. The third-order valence-electron chi connectivity index (χ3n) is 2.59. The highest BCUT2D eigenvalue weighted by atomic mass is 32.1. The standard InChI is InChI=1S/C12H13F2N3S/c1-7-6-18-12(16-7)5-11(17-15)8-2-3-9(13)10(14)4-8/h2-4,6,11,17H,5,15H2,1H3. The molecule has 0 aliphatic rings. The van der Waals surface area contributed by atoms with Crippen LogP contribution in [0.15, 0.2) is 23.6 Å². The zero-order valence-electron chi connectivity index (χ0n) is 9.78. The van der Waals surface area contributed by atoms with E-state index in [-0.39, 0.29) is 6.04 Å². The summed E-state index contributed by atoms with van der Waals surface area (Å²) in [5.74, 6) is 3.72. The highest BCUT2D eigenvalue weighted by molar-refractivity contribution is 7.09. The van der Waals surface area contributed by atoms with E-state index < -0.39 is 11.6 Å². The second-order valence-corrected chi connectivity index (χ2v) is 4.92. The van der Waals surface area contributed by atoms with Crippen molar-refractivity contribution >= 4 is 11.3 Å². The second kappa shape index (κ2) is 5.51. The van der Waals surface area contributed by atoms with E-state index in [1.807, 2.05) is 12.3 Å². The number of nitrogens with two attached hydrogens (primary N) is 1. The zero-order chi connectivity index (χ0) is 13.1. The Morgan fingerprint density at radius 1 is 1.39 bits per heavy atom. The van der Waals surface area contributed by atoms with Crippen molar-refractivity contribution in [3.05, 3.63) is 51.5 Å². The first-order chi connectivity index (χ1) is 8.60. The van der Waals surface area contributed by atoms with E-state index in [0.717, 1.165) is 22.8 Å². The van der Waals surface area contributed by atoms with Crippen LogP contribution >= 0.6 is 11.3 Å². The predicted octanol–water partition coefficient (Wildman–Crippen LogP) is 2.48. The van der Waals surface area contributed by atoms with Gasteiger partial charge in [-0.15, -0.1) is 11.3 Å². The Kier molecular flexibility index (Phi) is 4.00. The highest BCUT2D eigenvalue weighted by Gasteiger charge is 2.14. The van der Waals surface area contributed by atoms with Crippen LogP contribution in [0, 0.1) is 18.6 Å². The Bertz CT molecular complexity index is 542. The minimum atomic E-state index is -0.872. The van der Waals surface area contributed by atoms with Gasteiger partial charge in [0.25, 0.3) is 0 Å². The molecular weight excluding hydrogens is 256 g/mol. The summed E-state index contributed by atoms with van der Waals surface area (Å²) in [5, 5.41) is 2.84. The number of benzene rings is 1. The molecule has 2 rings (SSSR count). The summed E-state index contributed by atoms with van der Waals surface area (Å²) < 4.78 is 26.0. The van der Waals surface area contributed by atoms with Crippen LogP contribution in [0.1, 0.15) is 22.3 Å². The Morgan fingerprint density at radius 3 is 2.72 bits per heavy atom. The molecule has 0 bridgehead atoms. The monoisotopic (exact) mass is 269 g/mol. The number of aryl methyl sites for hydroxylation is 1. The van der Waals surface area contributed by atoms with Crippen LogP contribution in [0.2, 0.25) is 0 Å². The van der Waals surface area contributed by atoms with Gasteiger partial charge in [-0.1, -0.05) is 6.07 Å². The third-order valence-corrected chi connectivity index (χ3v) is 3.58. The molecule has 1 heterocycles. The van der Waals surface area contributed by atoms with Gasteiger partial charge in [0.15, 0.2) is 11.6 Å². The van der Waals surface area contributed by atoms with Crippen molar-refractivity contribution in [2.45, 2.75) is 19.4 Å². The lowest BCUT2D eigenvalue weighted by molar-refractivity contribution is 0.497. The number of rotatable bonds is 4. The van der Waals surface area contributed by atoms with Gasteiger partial charge in [-0.05, 0) is 24.6 Å². The van der Waals surface area contributed by atoms with Gasteiger partial charge < -0.3 is 0 Å². The number of nitrogens with zero attached hydrogens (tertiary/aromatic N) is 1. The fourth-order valence-electron chi connectivity index (χ4n) is 1.67. The number of halogens is 2. The predicted molar refractivity (Wildman–Crippen MR) is 67.0 cm³/mol. The summed E-state index contributed by atoms with van der Waals surface area (Å²) in [6.07, 6.45) is 0.542. The van der Waals surface area contributed by atoms with Crippen LogP contribution in [0.3, 0.4) is 0 Å². The lowest BCUT2D eigenvalue weighted by Gasteiger charge is -2.15. The largest absolute Gasteiger partial charge is 0.271 e. The Morgan fingerprint density at radius 2 is 2.17 bits per heavy atom. The van der Waals surface area contributed by atoms with Crippen LogP contribution < -0.4 is 11.3 Å². The summed E-state index contributed by atoms with van der Waals surface area (Å²) in [6.45, 7) is 1.91. The lowest BCUT2D eigenvalue weighted by atomic mass is 10.0. The van der Waals surface area contributed by atoms with Crippen LogP contribution in [0.4, 0.5) is 8.78 Å². The Labute approximate surface area is 108 Å². The topological polar surface area (TPSA) is 50.9 Å².